The van der Waals surface area contributed by atoms with Crippen molar-refractivity contribution in [1.82, 2.24) is 10.3 Å². The van der Waals surface area contributed by atoms with Crippen LogP contribution in [0.3, 0.4) is 0 Å². The number of phenolic OH excluding ortho intramolecular Hbond substituents is 1. The predicted octanol–water partition coefficient (Wildman–Crippen LogP) is 5.48. The average molecular weight is 421 g/mol. The van der Waals surface area contributed by atoms with Gasteiger partial charge in [-0.15, -0.1) is 0 Å². The van der Waals surface area contributed by atoms with Crippen molar-refractivity contribution < 1.29 is 9.90 Å². The Hall–Kier alpha value is -4.18. The Balaban J connectivity index is 1.53. The monoisotopic (exact) mass is 420 g/mol. The van der Waals surface area contributed by atoms with E-state index in [1.165, 1.54) is 0 Å². The topological polar surface area (TPSA) is 62.2 Å². The summed E-state index contributed by atoms with van der Waals surface area (Å²) in [4.78, 5) is 16.5. The summed E-state index contributed by atoms with van der Waals surface area (Å²) < 4.78 is 0. The maximum atomic E-state index is 12.4. The van der Waals surface area contributed by atoms with Gasteiger partial charge in [-0.25, -0.2) is 0 Å². The van der Waals surface area contributed by atoms with Crippen LogP contribution in [0, 0.1) is 0 Å². The molecule has 0 aliphatic heterocycles. The van der Waals surface area contributed by atoms with Gasteiger partial charge in [-0.3, -0.25) is 9.78 Å². The van der Waals surface area contributed by atoms with Crippen molar-refractivity contribution in [3.8, 4) is 16.9 Å². The number of amides is 1. The maximum Gasteiger partial charge on any atom is 0.224 e. The average Bonchev–Trinajstić information content (AvgIpc) is 2.83. The maximum absolute atomic E-state index is 12.4. The van der Waals surface area contributed by atoms with Crippen molar-refractivity contribution in [2.75, 3.05) is 0 Å². The Morgan fingerprint density at radius 1 is 0.844 bits per heavy atom. The molecule has 0 bridgehead atoms. The molecule has 4 rings (SSSR count). The highest BCUT2D eigenvalue weighted by molar-refractivity contribution is 5.83. The van der Waals surface area contributed by atoms with E-state index in [0.29, 0.717) is 13.0 Å². The molecule has 3 aromatic carbocycles. The number of hydrogen-bond donors (Lipinski definition) is 2. The van der Waals surface area contributed by atoms with Crippen molar-refractivity contribution in [2.45, 2.75) is 13.0 Å². The molecule has 2 N–H and O–H groups in total. The molecule has 0 atom stereocenters. The van der Waals surface area contributed by atoms with Crippen molar-refractivity contribution in [2.24, 2.45) is 0 Å². The van der Waals surface area contributed by atoms with E-state index in [1.54, 1.807) is 24.5 Å². The summed E-state index contributed by atoms with van der Waals surface area (Å²) in [6.07, 6.45) is 7.81. The van der Waals surface area contributed by atoms with E-state index in [2.05, 4.69) is 34.6 Å². The van der Waals surface area contributed by atoms with E-state index in [1.807, 2.05) is 60.7 Å². The zero-order chi connectivity index (χ0) is 22.2. The summed E-state index contributed by atoms with van der Waals surface area (Å²) in [5.74, 6) is 0.218. The number of aromatic nitrogens is 1. The van der Waals surface area contributed by atoms with E-state index in [4.69, 9.17) is 0 Å². The number of pyridine rings is 1. The molecule has 0 aliphatic rings. The minimum atomic E-state index is -0.0340. The van der Waals surface area contributed by atoms with E-state index in [0.717, 1.165) is 33.4 Å². The molecular weight excluding hydrogens is 396 g/mol. The van der Waals surface area contributed by atoms with Crippen LogP contribution in [0.2, 0.25) is 0 Å². The molecule has 4 nitrogen and oxygen atoms in total. The van der Waals surface area contributed by atoms with Gasteiger partial charge in [0.15, 0.2) is 0 Å². The summed E-state index contributed by atoms with van der Waals surface area (Å²) in [6, 6.07) is 27.1. The summed E-state index contributed by atoms with van der Waals surface area (Å²) in [5, 5.41) is 12.5. The molecule has 0 saturated heterocycles. The molecule has 0 spiro atoms. The van der Waals surface area contributed by atoms with Crippen molar-refractivity contribution >= 4 is 18.1 Å². The summed E-state index contributed by atoms with van der Waals surface area (Å²) in [5.41, 5.74) is 6.21. The highest BCUT2D eigenvalue weighted by atomic mass is 16.3. The number of carbonyl (C=O) groups is 1. The van der Waals surface area contributed by atoms with E-state index in [-0.39, 0.29) is 11.7 Å². The highest BCUT2D eigenvalue weighted by Gasteiger charge is 2.10. The lowest BCUT2D eigenvalue weighted by molar-refractivity contribution is -0.120. The van der Waals surface area contributed by atoms with Gasteiger partial charge in [0.05, 0.1) is 6.42 Å². The van der Waals surface area contributed by atoms with Gasteiger partial charge in [-0.1, -0.05) is 78.9 Å². The van der Waals surface area contributed by atoms with Gasteiger partial charge in [0.25, 0.3) is 0 Å². The quantitative estimate of drug-likeness (QED) is 0.389. The minimum absolute atomic E-state index is 0.0340. The Kier molecular flexibility index (Phi) is 6.73. The molecule has 4 aromatic rings. The standard InChI is InChI=1S/C28H24N2O2/c31-25-15-12-21(13-16-25)11-14-23-7-1-3-9-26(23)27-10-4-2-8-24(27)20-30-28(32)18-22-6-5-17-29-19-22/h1-17,19,31H,18,20H2,(H,30,32). The van der Waals surface area contributed by atoms with E-state index in [9.17, 15) is 9.90 Å². The van der Waals surface area contributed by atoms with Crippen LogP contribution in [0.25, 0.3) is 23.3 Å². The van der Waals surface area contributed by atoms with Gasteiger partial charge in [-0.2, -0.15) is 0 Å². The number of nitrogens with one attached hydrogen (secondary N) is 1. The molecule has 0 unspecified atom stereocenters. The summed E-state index contributed by atoms with van der Waals surface area (Å²) in [6.45, 7) is 0.450. The Morgan fingerprint density at radius 3 is 2.38 bits per heavy atom. The van der Waals surface area contributed by atoms with Crippen molar-refractivity contribution in [3.05, 3.63) is 120 Å². The normalized spacial score (nSPS) is 10.9. The fourth-order valence-corrected chi connectivity index (χ4v) is 3.54. The van der Waals surface area contributed by atoms with Gasteiger partial charge < -0.3 is 10.4 Å². The van der Waals surface area contributed by atoms with Gasteiger partial charge in [-0.05, 0) is 51.6 Å². The first-order valence-electron chi connectivity index (χ1n) is 10.5. The fourth-order valence-electron chi connectivity index (χ4n) is 3.54. The number of carbonyl (C=O) groups excluding carboxylic acids is 1. The lowest BCUT2D eigenvalue weighted by atomic mass is 9.94. The molecule has 0 aliphatic carbocycles. The molecule has 4 heteroatoms. The van der Waals surface area contributed by atoms with Crippen molar-refractivity contribution in [1.29, 1.82) is 0 Å². The third kappa shape index (κ3) is 5.49. The summed E-state index contributed by atoms with van der Waals surface area (Å²) in [7, 11) is 0. The number of nitrogens with zero attached hydrogens (tertiary/aromatic N) is 1. The second-order valence-corrected chi connectivity index (χ2v) is 7.48. The van der Waals surface area contributed by atoms with Gasteiger partial charge in [0.2, 0.25) is 5.91 Å². The first kappa shape index (κ1) is 21.1. The lowest BCUT2D eigenvalue weighted by Crippen LogP contribution is -2.24. The Labute approximate surface area is 187 Å². The van der Waals surface area contributed by atoms with Crippen LogP contribution in [-0.4, -0.2) is 16.0 Å². The number of rotatable bonds is 7. The van der Waals surface area contributed by atoms with E-state index < -0.39 is 0 Å². The largest absolute Gasteiger partial charge is 0.508 e. The SMILES string of the molecule is O=C(Cc1cccnc1)NCc1ccccc1-c1ccccc1C=Cc1ccc(O)cc1. The van der Waals surface area contributed by atoms with Crippen LogP contribution in [0.4, 0.5) is 0 Å². The fraction of sp³-hybridized carbons (Fsp3) is 0.0714. The highest BCUT2D eigenvalue weighted by Crippen LogP contribution is 2.28. The first-order valence-corrected chi connectivity index (χ1v) is 10.5. The van der Waals surface area contributed by atoms with E-state index >= 15 is 0 Å². The Morgan fingerprint density at radius 2 is 1.59 bits per heavy atom. The predicted molar refractivity (Wildman–Crippen MR) is 129 cm³/mol. The van der Waals surface area contributed by atoms with Crippen LogP contribution < -0.4 is 5.32 Å². The second-order valence-electron chi connectivity index (χ2n) is 7.48. The molecule has 32 heavy (non-hydrogen) atoms. The molecule has 0 radical (unpaired) electrons. The number of aromatic hydroxyl groups is 1. The molecule has 158 valence electrons. The number of phenols is 1. The Bertz CT molecular complexity index is 1220. The third-order valence-corrected chi connectivity index (χ3v) is 5.18. The number of hydrogen-bond acceptors (Lipinski definition) is 3. The van der Waals surface area contributed by atoms with Gasteiger partial charge >= 0.3 is 0 Å². The molecule has 1 heterocycles. The second kappa shape index (κ2) is 10.2. The van der Waals surface area contributed by atoms with Gasteiger partial charge in [0.1, 0.15) is 5.75 Å². The summed E-state index contributed by atoms with van der Waals surface area (Å²) >= 11 is 0. The molecule has 1 amide bonds. The van der Waals surface area contributed by atoms with Gasteiger partial charge in [0, 0.05) is 18.9 Å². The third-order valence-electron chi connectivity index (χ3n) is 5.18. The smallest absolute Gasteiger partial charge is 0.224 e. The van der Waals surface area contributed by atoms with Crippen LogP contribution >= 0.6 is 0 Å². The minimum Gasteiger partial charge on any atom is -0.508 e. The van der Waals surface area contributed by atoms with Crippen LogP contribution in [0.1, 0.15) is 22.3 Å². The van der Waals surface area contributed by atoms with Crippen LogP contribution in [-0.2, 0) is 17.8 Å². The zero-order valence-corrected chi connectivity index (χ0v) is 17.6. The lowest BCUT2D eigenvalue weighted by Gasteiger charge is -2.13. The molecule has 1 aromatic heterocycles. The molecule has 0 fully saturated rings. The zero-order valence-electron chi connectivity index (χ0n) is 17.6. The molecular formula is C28H24N2O2. The van der Waals surface area contributed by atoms with Crippen LogP contribution in [0.15, 0.2) is 97.3 Å². The van der Waals surface area contributed by atoms with Crippen molar-refractivity contribution in [3.63, 3.8) is 0 Å². The van der Waals surface area contributed by atoms with Crippen LogP contribution in [0.5, 0.6) is 5.75 Å². The molecule has 0 saturated carbocycles. The first-order chi connectivity index (χ1) is 15.7. The number of benzene rings is 3.